The molecule has 8 nitrogen and oxygen atoms in total. The number of nitrogens with two attached hydrogens (primary N) is 2. The van der Waals surface area contributed by atoms with Gasteiger partial charge in [0.1, 0.15) is 6.04 Å². The number of rotatable bonds is 3. The van der Waals surface area contributed by atoms with E-state index in [1.807, 2.05) is 0 Å². The minimum atomic E-state index is -0.990. The molecule has 0 aliphatic rings. The quantitative estimate of drug-likeness (QED) is 0.338. The Morgan fingerprint density at radius 3 is 1.64 bits per heavy atom. The third kappa shape index (κ3) is 31.7. The van der Waals surface area contributed by atoms with Crippen LogP contribution in [0.3, 0.4) is 0 Å². The first-order valence-electron chi connectivity index (χ1n) is 3.35. The fourth-order valence-electron chi connectivity index (χ4n) is 0.303. The van der Waals surface area contributed by atoms with Crippen LogP contribution in [-0.4, -0.2) is 46.8 Å². The molecule has 0 fully saturated rings. The first kappa shape index (κ1) is 18.2. The maximum Gasteiger partial charge on any atom is 0.320 e. The molecule has 0 aliphatic carbocycles. The lowest BCUT2D eigenvalue weighted by Gasteiger charge is -2.00. The Balaban J connectivity index is -0.000000168. The van der Waals surface area contributed by atoms with Gasteiger partial charge in [0.05, 0.1) is 0 Å². The summed E-state index contributed by atoms with van der Waals surface area (Å²) in [6, 6.07) is -0.792. The van der Waals surface area contributed by atoms with Gasteiger partial charge in [0.25, 0.3) is 12.9 Å². The first-order chi connectivity index (χ1) is 6.51. The molecular formula is C6H14N2O6. The van der Waals surface area contributed by atoms with Crippen molar-refractivity contribution in [2.75, 3.05) is 6.54 Å². The van der Waals surface area contributed by atoms with E-state index in [1.54, 1.807) is 0 Å². The second kappa shape index (κ2) is 17.4. The summed E-state index contributed by atoms with van der Waals surface area (Å²) in [6.07, 6.45) is 0.343. The van der Waals surface area contributed by atoms with E-state index in [-0.39, 0.29) is 12.9 Å². The van der Waals surface area contributed by atoms with Crippen LogP contribution in [0.2, 0.25) is 0 Å². The maximum atomic E-state index is 9.91. The predicted molar refractivity (Wildman–Crippen MR) is 46.7 cm³/mol. The highest BCUT2D eigenvalue weighted by molar-refractivity contribution is 5.72. The lowest BCUT2D eigenvalue weighted by atomic mass is 10.2. The molecule has 0 spiro atoms. The number of carboxylic acid groups (broad SMARTS) is 3. The van der Waals surface area contributed by atoms with Gasteiger partial charge >= 0.3 is 5.97 Å². The van der Waals surface area contributed by atoms with Crippen molar-refractivity contribution in [2.45, 2.75) is 12.5 Å². The van der Waals surface area contributed by atoms with E-state index in [2.05, 4.69) is 0 Å². The normalized spacial score (nSPS) is 9.29. The van der Waals surface area contributed by atoms with Gasteiger partial charge in [-0.1, -0.05) is 0 Å². The van der Waals surface area contributed by atoms with E-state index < -0.39 is 12.0 Å². The summed E-state index contributed by atoms with van der Waals surface area (Å²) >= 11 is 0. The van der Waals surface area contributed by atoms with Crippen molar-refractivity contribution in [3.05, 3.63) is 0 Å². The SMILES string of the molecule is NCCC(N)C(=O)O.O=CO.O=CO. The van der Waals surface area contributed by atoms with Crippen LogP contribution < -0.4 is 11.5 Å². The van der Waals surface area contributed by atoms with E-state index in [9.17, 15) is 4.79 Å². The van der Waals surface area contributed by atoms with Gasteiger partial charge in [0, 0.05) is 0 Å². The van der Waals surface area contributed by atoms with Crippen molar-refractivity contribution >= 4 is 18.9 Å². The number of hydrogen-bond donors (Lipinski definition) is 5. The van der Waals surface area contributed by atoms with Gasteiger partial charge in [-0.3, -0.25) is 14.4 Å². The van der Waals surface area contributed by atoms with Gasteiger partial charge in [-0.25, -0.2) is 0 Å². The first-order valence-corrected chi connectivity index (χ1v) is 3.35. The average molecular weight is 210 g/mol. The van der Waals surface area contributed by atoms with Crippen molar-refractivity contribution in [2.24, 2.45) is 11.5 Å². The van der Waals surface area contributed by atoms with Crippen LogP contribution in [0.25, 0.3) is 0 Å². The van der Waals surface area contributed by atoms with Gasteiger partial charge in [-0.15, -0.1) is 0 Å². The van der Waals surface area contributed by atoms with Gasteiger partial charge in [-0.05, 0) is 13.0 Å². The van der Waals surface area contributed by atoms with Crippen molar-refractivity contribution in [1.82, 2.24) is 0 Å². The third-order valence-corrected chi connectivity index (χ3v) is 0.795. The Kier molecular flexibility index (Phi) is 22.6. The maximum absolute atomic E-state index is 9.91. The molecule has 0 aromatic carbocycles. The van der Waals surface area contributed by atoms with E-state index >= 15 is 0 Å². The largest absolute Gasteiger partial charge is 0.483 e. The molecule has 0 saturated carbocycles. The predicted octanol–water partition coefficient (Wildman–Crippen LogP) is -1.85. The summed E-state index contributed by atoms with van der Waals surface area (Å²) in [6.45, 7) is -0.173. The second-order valence-corrected chi connectivity index (χ2v) is 1.73. The molecule has 0 saturated heterocycles. The summed E-state index contributed by atoms with van der Waals surface area (Å²) in [5, 5.41) is 21.9. The van der Waals surface area contributed by atoms with Crippen LogP contribution in [0, 0.1) is 0 Å². The zero-order valence-electron chi connectivity index (χ0n) is 7.37. The summed E-state index contributed by atoms with van der Waals surface area (Å²) in [7, 11) is 0. The molecule has 1 unspecified atom stereocenters. The Hall–Kier alpha value is -1.67. The number of carbonyl (C=O) groups is 3. The van der Waals surface area contributed by atoms with Crippen molar-refractivity contribution in [1.29, 1.82) is 0 Å². The van der Waals surface area contributed by atoms with Crippen LogP contribution in [0.4, 0.5) is 0 Å². The second-order valence-electron chi connectivity index (χ2n) is 1.73. The van der Waals surface area contributed by atoms with Crippen LogP contribution in [0.5, 0.6) is 0 Å². The van der Waals surface area contributed by atoms with Gasteiger partial charge < -0.3 is 26.8 Å². The zero-order valence-corrected chi connectivity index (χ0v) is 7.37. The minimum Gasteiger partial charge on any atom is -0.483 e. The number of hydrogen-bond acceptors (Lipinski definition) is 5. The number of carboxylic acids is 1. The molecule has 84 valence electrons. The Morgan fingerprint density at radius 1 is 1.29 bits per heavy atom. The van der Waals surface area contributed by atoms with Crippen molar-refractivity contribution in [3.8, 4) is 0 Å². The highest BCUT2D eigenvalue weighted by atomic mass is 16.4. The molecule has 0 aromatic heterocycles. The zero-order chi connectivity index (χ0) is 12.0. The molecule has 0 bridgehead atoms. The monoisotopic (exact) mass is 210 g/mol. The third-order valence-electron chi connectivity index (χ3n) is 0.795. The fraction of sp³-hybridized carbons (Fsp3) is 0.500. The summed E-state index contributed by atoms with van der Waals surface area (Å²) < 4.78 is 0. The van der Waals surface area contributed by atoms with E-state index in [1.165, 1.54) is 0 Å². The van der Waals surface area contributed by atoms with Crippen LogP contribution >= 0.6 is 0 Å². The molecule has 0 amide bonds. The van der Waals surface area contributed by atoms with Crippen molar-refractivity contribution < 1.29 is 29.7 Å². The van der Waals surface area contributed by atoms with Crippen LogP contribution in [0.1, 0.15) is 6.42 Å². The van der Waals surface area contributed by atoms with E-state index in [4.69, 9.17) is 36.4 Å². The summed E-state index contributed by atoms with van der Waals surface area (Å²) in [5.74, 6) is -0.990. The molecule has 8 heteroatoms. The van der Waals surface area contributed by atoms with Gasteiger partial charge in [-0.2, -0.15) is 0 Å². The van der Waals surface area contributed by atoms with Gasteiger partial charge in [0.15, 0.2) is 0 Å². The molecule has 0 rings (SSSR count). The highest BCUT2D eigenvalue weighted by Gasteiger charge is 2.07. The summed E-state index contributed by atoms with van der Waals surface area (Å²) in [4.78, 5) is 26.6. The van der Waals surface area contributed by atoms with Crippen molar-refractivity contribution in [3.63, 3.8) is 0 Å². The van der Waals surface area contributed by atoms with Gasteiger partial charge in [0.2, 0.25) is 0 Å². The molecule has 0 radical (unpaired) electrons. The van der Waals surface area contributed by atoms with E-state index in [0.29, 0.717) is 13.0 Å². The van der Waals surface area contributed by atoms with Crippen LogP contribution in [0.15, 0.2) is 0 Å². The molecular weight excluding hydrogens is 196 g/mol. The Morgan fingerprint density at radius 2 is 1.57 bits per heavy atom. The lowest BCUT2D eigenvalue weighted by Crippen LogP contribution is -2.32. The standard InChI is InChI=1S/C4H10N2O2.2CH2O2/c5-2-1-3(6)4(7)8;2*2-1-3/h3H,1-2,5-6H2,(H,7,8);2*1H,(H,2,3). The fourth-order valence-corrected chi connectivity index (χ4v) is 0.303. The smallest absolute Gasteiger partial charge is 0.320 e. The van der Waals surface area contributed by atoms with E-state index in [0.717, 1.165) is 0 Å². The summed E-state index contributed by atoms with van der Waals surface area (Å²) in [5.41, 5.74) is 10.1. The molecule has 0 heterocycles. The lowest BCUT2D eigenvalue weighted by molar-refractivity contribution is -0.138. The molecule has 0 aromatic rings. The molecule has 7 N–H and O–H groups in total. The molecule has 14 heavy (non-hydrogen) atoms. The molecule has 1 atom stereocenters. The van der Waals surface area contributed by atoms with Crippen LogP contribution in [-0.2, 0) is 14.4 Å². The Bertz CT molecular complexity index is 145. The average Bonchev–Trinajstić information content (AvgIpc) is 2.07. The minimum absolute atomic E-state index is 0.250. The number of aliphatic carboxylic acids is 1. The topological polar surface area (TPSA) is 164 Å². The Labute approximate surface area is 80.1 Å². The molecule has 0 aliphatic heterocycles. The highest BCUT2D eigenvalue weighted by Crippen LogP contribution is 1.82.